The van der Waals surface area contributed by atoms with Crippen LogP contribution in [0.25, 0.3) is 10.2 Å². The van der Waals surface area contributed by atoms with E-state index in [4.69, 9.17) is 0 Å². The summed E-state index contributed by atoms with van der Waals surface area (Å²) in [6.45, 7) is 0. The maximum Gasteiger partial charge on any atom is 0.231 e. The third-order valence-electron chi connectivity index (χ3n) is 2.22. The molecule has 1 heterocycles. The summed E-state index contributed by atoms with van der Waals surface area (Å²) < 4.78 is 1.12. The lowest BCUT2D eigenvalue weighted by atomic mass is 10.3. The van der Waals surface area contributed by atoms with Gasteiger partial charge in [0, 0.05) is 6.07 Å². The SMILES string of the molecule is [c]1ccccc1N=Nc1nc2ccccc2s1. The third-order valence-corrected chi connectivity index (χ3v) is 3.14. The Labute approximate surface area is 102 Å². The van der Waals surface area contributed by atoms with E-state index in [9.17, 15) is 0 Å². The number of nitrogens with zero attached hydrogens (tertiary/aromatic N) is 3. The highest BCUT2D eigenvalue weighted by molar-refractivity contribution is 7.21. The largest absolute Gasteiger partial charge is 0.231 e. The molecule has 0 aliphatic carbocycles. The fourth-order valence-electron chi connectivity index (χ4n) is 1.45. The molecule has 0 saturated heterocycles. The van der Waals surface area contributed by atoms with Crippen LogP contribution in [-0.4, -0.2) is 4.98 Å². The Balaban J connectivity index is 1.92. The lowest BCUT2D eigenvalue weighted by Gasteiger charge is -1.86. The van der Waals surface area contributed by atoms with Gasteiger partial charge in [-0.05, 0) is 18.2 Å². The molecule has 1 aromatic heterocycles. The number of hydrogen-bond donors (Lipinski definition) is 0. The summed E-state index contributed by atoms with van der Waals surface area (Å²) in [5.74, 6) is 0. The summed E-state index contributed by atoms with van der Waals surface area (Å²) in [6, 6.07) is 18.4. The van der Waals surface area contributed by atoms with E-state index in [0.717, 1.165) is 10.2 Å². The topological polar surface area (TPSA) is 37.6 Å². The van der Waals surface area contributed by atoms with E-state index in [-0.39, 0.29) is 0 Å². The van der Waals surface area contributed by atoms with Crippen LogP contribution in [0.15, 0.2) is 58.8 Å². The van der Waals surface area contributed by atoms with E-state index in [2.05, 4.69) is 21.3 Å². The highest BCUT2D eigenvalue weighted by Crippen LogP contribution is 2.28. The lowest BCUT2D eigenvalue weighted by Crippen LogP contribution is -1.64. The Bertz CT molecular complexity index is 625. The summed E-state index contributed by atoms with van der Waals surface area (Å²) in [5, 5.41) is 8.87. The number of rotatable bonds is 2. The highest BCUT2D eigenvalue weighted by Gasteiger charge is 2.00. The number of azo groups is 1. The first kappa shape index (κ1) is 10.1. The smallest absolute Gasteiger partial charge is 0.217 e. The average Bonchev–Trinajstić information content (AvgIpc) is 2.80. The van der Waals surface area contributed by atoms with Crippen LogP contribution in [0.2, 0.25) is 0 Å². The van der Waals surface area contributed by atoms with Crippen LogP contribution in [0.1, 0.15) is 0 Å². The zero-order valence-corrected chi connectivity index (χ0v) is 9.69. The minimum absolute atomic E-state index is 0.670. The molecule has 0 aliphatic heterocycles. The van der Waals surface area contributed by atoms with Gasteiger partial charge in [0.15, 0.2) is 0 Å². The van der Waals surface area contributed by atoms with Crippen molar-refractivity contribution < 1.29 is 0 Å². The summed E-state index contributed by atoms with van der Waals surface area (Å²) in [4.78, 5) is 4.37. The Kier molecular flexibility index (Phi) is 2.63. The molecule has 0 saturated carbocycles. The molecule has 2 aromatic carbocycles. The molecule has 0 fully saturated rings. The summed E-state index contributed by atoms with van der Waals surface area (Å²) >= 11 is 1.53. The molecule has 0 N–H and O–H groups in total. The zero-order chi connectivity index (χ0) is 11.5. The Morgan fingerprint density at radius 1 is 1.00 bits per heavy atom. The van der Waals surface area contributed by atoms with Crippen molar-refractivity contribution >= 4 is 32.4 Å². The molecule has 3 nitrogen and oxygen atoms in total. The molecule has 4 heteroatoms. The van der Waals surface area contributed by atoms with Crippen LogP contribution in [0.5, 0.6) is 0 Å². The minimum Gasteiger partial charge on any atom is -0.217 e. The van der Waals surface area contributed by atoms with E-state index in [1.54, 1.807) is 0 Å². The number of benzene rings is 2. The van der Waals surface area contributed by atoms with Crippen LogP contribution < -0.4 is 0 Å². The van der Waals surface area contributed by atoms with Crippen LogP contribution in [0.3, 0.4) is 0 Å². The van der Waals surface area contributed by atoms with Gasteiger partial charge >= 0.3 is 0 Å². The average molecular weight is 238 g/mol. The molecule has 0 unspecified atom stereocenters. The molecule has 1 radical (unpaired) electrons. The first-order valence-electron chi connectivity index (χ1n) is 5.16. The molecule has 0 aliphatic rings. The van der Waals surface area contributed by atoms with Crippen LogP contribution in [-0.2, 0) is 0 Å². The number of fused-ring (bicyclic) bond motifs is 1. The Morgan fingerprint density at radius 3 is 2.71 bits per heavy atom. The number of aromatic nitrogens is 1. The molecule has 0 spiro atoms. The minimum atomic E-state index is 0.670. The van der Waals surface area contributed by atoms with E-state index in [1.807, 2.05) is 48.5 Å². The maximum absolute atomic E-state index is 4.37. The molecule has 3 aromatic rings. The second-order valence-corrected chi connectivity index (χ2v) is 4.42. The van der Waals surface area contributed by atoms with Crippen molar-refractivity contribution in [2.24, 2.45) is 10.2 Å². The van der Waals surface area contributed by atoms with Crippen molar-refractivity contribution in [2.45, 2.75) is 0 Å². The van der Waals surface area contributed by atoms with E-state index >= 15 is 0 Å². The summed E-state index contributed by atoms with van der Waals surface area (Å²) in [7, 11) is 0. The first-order chi connectivity index (χ1) is 8.42. The molecule has 17 heavy (non-hydrogen) atoms. The molecule has 0 amide bonds. The molecule has 0 bridgehead atoms. The Morgan fingerprint density at radius 2 is 1.88 bits per heavy atom. The van der Waals surface area contributed by atoms with E-state index in [1.165, 1.54) is 11.3 Å². The predicted molar refractivity (Wildman–Crippen MR) is 69.1 cm³/mol. The van der Waals surface area contributed by atoms with Crippen molar-refractivity contribution in [3.05, 3.63) is 54.6 Å². The van der Waals surface area contributed by atoms with Gasteiger partial charge in [0.05, 0.1) is 15.9 Å². The van der Waals surface area contributed by atoms with Gasteiger partial charge in [-0.3, -0.25) is 0 Å². The van der Waals surface area contributed by atoms with E-state index in [0.29, 0.717) is 10.8 Å². The fraction of sp³-hybridized carbons (Fsp3) is 0. The van der Waals surface area contributed by atoms with Gasteiger partial charge in [0.1, 0.15) is 0 Å². The summed E-state index contributed by atoms with van der Waals surface area (Å²) in [5.41, 5.74) is 1.68. The highest BCUT2D eigenvalue weighted by atomic mass is 32.1. The van der Waals surface area contributed by atoms with Crippen LogP contribution in [0, 0.1) is 6.07 Å². The first-order valence-corrected chi connectivity index (χ1v) is 5.97. The zero-order valence-electron chi connectivity index (χ0n) is 8.87. The quantitative estimate of drug-likeness (QED) is 0.605. The second kappa shape index (κ2) is 4.43. The van der Waals surface area contributed by atoms with Crippen molar-refractivity contribution in [1.82, 2.24) is 4.98 Å². The van der Waals surface area contributed by atoms with Gasteiger partial charge in [-0.1, -0.05) is 41.7 Å². The van der Waals surface area contributed by atoms with E-state index < -0.39 is 0 Å². The maximum atomic E-state index is 4.37. The molecule has 3 rings (SSSR count). The van der Waals surface area contributed by atoms with Crippen LogP contribution in [0.4, 0.5) is 10.8 Å². The van der Waals surface area contributed by atoms with Crippen molar-refractivity contribution in [3.63, 3.8) is 0 Å². The number of thiazole rings is 1. The second-order valence-electron chi connectivity index (χ2n) is 3.41. The number of para-hydroxylation sites is 1. The van der Waals surface area contributed by atoms with Gasteiger partial charge in [-0.15, -0.1) is 10.2 Å². The number of hydrogen-bond acceptors (Lipinski definition) is 4. The summed E-state index contributed by atoms with van der Waals surface area (Å²) in [6.07, 6.45) is 0. The fourth-order valence-corrected chi connectivity index (χ4v) is 2.23. The lowest BCUT2D eigenvalue weighted by molar-refractivity contribution is 1.21. The van der Waals surface area contributed by atoms with Gasteiger partial charge in [0.2, 0.25) is 5.13 Å². The van der Waals surface area contributed by atoms with Gasteiger partial charge in [0.25, 0.3) is 0 Å². The monoisotopic (exact) mass is 238 g/mol. The predicted octanol–water partition coefficient (Wildman–Crippen LogP) is 4.51. The molecular formula is C13H8N3S. The Hall–Kier alpha value is -2.07. The standard InChI is InChI=1S/C13H8N3S/c1-2-6-10(7-3-1)15-16-13-14-11-8-4-5-9-12(11)17-13/h1-6,8-9H. The normalized spacial score (nSPS) is 11.3. The van der Waals surface area contributed by atoms with Crippen molar-refractivity contribution in [2.75, 3.05) is 0 Å². The van der Waals surface area contributed by atoms with Crippen molar-refractivity contribution in [1.29, 1.82) is 0 Å². The van der Waals surface area contributed by atoms with Crippen LogP contribution >= 0.6 is 11.3 Å². The van der Waals surface area contributed by atoms with Gasteiger partial charge in [-0.2, -0.15) is 0 Å². The van der Waals surface area contributed by atoms with Gasteiger partial charge < -0.3 is 0 Å². The molecular weight excluding hydrogens is 230 g/mol. The van der Waals surface area contributed by atoms with Gasteiger partial charge in [-0.25, -0.2) is 4.98 Å². The van der Waals surface area contributed by atoms with Crippen molar-refractivity contribution in [3.8, 4) is 0 Å². The molecule has 0 atom stereocenters. The third kappa shape index (κ3) is 2.21. The molecule has 81 valence electrons.